The molecule has 0 amide bonds. The van der Waals surface area contributed by atoms with E-state index in [0.29, 0.717) is 6.04 Å². The Morgan fingerprint density at radius 3 is 2.94 bits per heavy atom. The predicted octanol–water partition coefficient (Wildman–Crippen LogP) is 1.17. The molecule has 0 aliphatic carbocycles. The van der Waals surface area contributed by atoms with E-state index in [0.717, 1.165) is 37.3 Å². The number of aliphatic carboxylic acids is 1. The van der Waals surface area contributed by atoms with Gasteiger partial charge in [0.25, 0.3) is 0 Å². The SMILES string of the molecule is Cc1c(CC(=O)O)cnn1C1CCOCC1. The third-order valence-corrected chi connectivity index (χ3v) is 3.02. The van der Waals surface area contributed by atoms with Gasteiger partial charge in [-0.2, -0.15) is 5.10 Å². The lowest BCUT2D eigenvalue weighted by Gasteiger charge is -2.23. The van der Waals surface area contributed by atoms with Crippen LogP contribution >= 0.6 is 0 Å². The normalized spacial score (nSPS) is 17.6. The number of rotatable bonds is 3. The monoisotopic (exact) mass is 224 g/mol. The zero-order valence-electron chi connectivity index (χ0n) is 9.35. The van der Waals surface area contributed by atoms with Gasteiger partial charge < -0.3 is 9.84 Å². The molecule has 5 heteroatoms. The molecule has 1 aromatic heterocycles. The van der Waals surface area contributed by atoms with Crippen molar-refractivity contribution in [3.8, 4) is 0 Å². The highest BCUT2D eigenvalue weighted by Crippen LogP contribution is 2.23. The Labute approximate surface area is 94.0 Å². The van der Waals surface area contributed by atoms with E-state index >= 15 is 0 Å². The van der Waals surface area contributed by atoms with Crippen LogP contribution < -0.4 is 0 Å². The number of hydrogen-bond donors (Lipinski definition) is 1. The summed E-state index contributed by atoms with van der Waals surface area (Å²) >= 11 is 0. The molecule has 1 aliphatic rings. The first-order valence-electron chi connectivity index (χ1n) is 5.51. The second-order valence-electron chi connectivity index (χ2n) is 4.11. The highest BCUT2D eigenvalue weighted by Gasteiger charge is 2.19. The van der Waals surface area contributed by atoms with Gasteiger partial charge in [-0.05, 0) is 19.8 Å². The first-order valence-corrected chi connectivity index (χ1v) is 5.51. The minimum atomic E-state index is -0.811. The van der Waals surface area contributed by atoms with Crippen LogP contribution in [0.3, 0.4) is 0 Å². The zero-order valence-corrected chi connectivity index (χ0v) is 9.35. The van der Waals surface area contributed by atoms with Crippen LogP contribution in [0.1, 0.15) is 30.1 Å². The van der Waals surface area contributed by atoms with Crippen molar-refractivity contribution >= 4 is 5.97 Å². The molecule has 0 atom stereocenters. The Morgan fingerprint density at radius 2 is 2.31 bits per heavy atom. The highest BCUT2D eigenvalue weighted by molar-refractivity contribution is 5.70. The molecule has 2 rings (SSSR count). The first-order chi connectivity index (χ1) is 7.68. The van der Waals surface area contributed by atoms with E-state index in [9.17, 15) is 4.79 Å². The van der Waals surface area contributed by atoms with Gasteiger partial charge in [-0.15, -0.1) is 0 Å². The summed E-state index contributed by atoms with van der Waals surface area (Å²) in [6.45, 7) is 3.46. The van der Waals surface area contributed by atoms with Gasteiger partial charge in [0.15, 0.2) is 0 Å². The molecule has 0 radical (unpaired) electrons. The quantitative estimate of drug-likeness (QED) is 0.837. The lowest BCUT2D eigenvalue weighted by Crippen LogP contribution is -2.21. The molecule has 0 bridgehead atoms. The molecule has 5 nitrogen and oxygen atoms in total. The topological polar surface area (TPSA) is 64.3 Å². The van der Waals surface area contributed by atoms with E-state index in [1.807, 2.05) is 11.6 Å². The molecular formula is C11H16N2O3. The van der Waals surface area contributed by atoms with Crippen molar-refractivity contribution in [3.05, 3.63) is 17.5 Å². The fourth-order valence-electron chi connectivity index (χ4n) is 2.09. The van der Waals surface area contributed by atoms with Gasteiger partial charge >= 0.3 is 5.97 Å². The van der Waals surface area contributed by atoms with Crippen molar-refractivity contribution in [2.24, 2.45) is 0 Å². The molecule has 88 valence electrons. The van der Waals surface area contributed by atoms with E-state index in [-0.39, 0.29) is 6.42 Å². The maximum absolute atomic E-state index is 10.6. The summed E-state index contributed by atoms with van der Waals surface area (Å²) in [7, 11) is 0. The van der Waals surface area contributed by atoms with Gasteiger partial charge in [0, 0.05) is 24.5 Å². The molecule has 2 heterocycles. The van der Waals surface area contributed by atoms with Crippen LogP contribution in [-0.2, 0) is 16.0 Å². The smallest absolute Gasteiger partial charge is 0.307 e. The van der Waals surface area contributed by atoms with Crippen molar-refractivity contribution < 1.29 is 14.6 Å². The Hall–Kier alpha value is -1.36. The Morgan fingerprint density at radius 1 is 1.62 bits per heavy atom. The zero-order chi connectivity index (χ0) is 11.5. The second-order valence-corrected chi connectivity index (χ2v) is 4.11. The van der Waals surface area contributed by atoms with E-state index in [4.69, 9.17) is 9.84 Å². The Balaban J connectivity index is 2.15. The van der Waals surface area contributed by atoms with Crippen molar-refractivity contribution in [2.45, 2.75) is 32.2 Å². The van der Waals surface area contributed by atoms with Gasteiger partial charge in [0.1, 0.15) is 0 Å². The van der Waals surface area contributed by atoms with Crippen LogP contribution in [-0.4, -0.2) is 34.1 Å². The number of nitrogens with zero attached hydrogens (tertiary/aromatic N) is 2. The number of ether oxygens (including phenoxy) is 1. The van der Waals surface area contributed by atoms with E-state index in [1.54, 1.807) is 6.20 Å². The Bertz CT molecular complexity index is 381. The number of aromatic nitrogens is 2. The van der Waals surface area contributed by atoms with Crippen molar-refractivity contribution in [1.29, 1.82) is 0 Å². The molecular weight excluding hydrogens is 208 g/mol. The summed E-state index contributed by atoms with van der Waals surface area (Å²) in [4.78, 5) is 10.6. The highest BCUT2D eigenvalue weighted by atomic mass is 16.5. The van der Waals surface area contributed by atoms with Crippen LogP contribution in [0.5, 0.6) is 0 Å². The molecule has 0 spiro atoms. The molecule has 1 fully saturated rings. The molecule has 1 N–H and O–H groups in total. The summed E-state index contributed by atoms with van der Waals surface area (Å²) in [6, 6.07) is 0.358. The summed E-state index contributed by atoms with van der Waals surface area (Å²) in [5, 5.41) is 13.0. The van der Waals surface area contributed by atoms with Gasteiger partial charge in [-0.3, -0.25) is 9.48 Å². The fraction of sp³-hybridized carbons (Fsp3) is 0.636. The second kappa shape index (κ2) is 4.65. The van der Waals surface area contributed by atoms with Crippen molar-refractivity contribution in [2.75, 3.05) is 13.2 Å². The standard InChI is InChI=1S/C11H16N2O3/c1-8-9(6-11(14)15)7-12-13(8)10-2-4-16-5-3-10/h7,10H,2-6H2,1H3,(H,14,15). The summed E-state index contributed by atoms with van der Waals surface area (Å²) in [6.07, 6.45) is 3.62. The molecule has 0 saturated carbocycles. The summed E-state index contributed by atoms with van der Waals surface area (Å²) in [5.41, 5.74) is 1.77. The van der Waals surface area contributed by atoms with Crippen LogP contribution in [0, 0.1) is 6.92 Å². The van der Waals surface area contributed by atoms with E-state index in [1.165, 1.54) is 0 Å². The minimum absolute atomic E-state index is 0.0506. The van der Waals surface area contributed by atoms with Crippen molar-refractivity contribution in [1.82, 2.24) is 9.78 Å². The summed E-state index contributed by atoms with van der Waals surface area (Å²) < 4.78 is 7.24. The fourth-order valence-corrected chi connectivity index (χ4v) is 2.09. The largest absolute Gasteiger partial charge is 0.481 e. The van der Waals surface area contributed by atoms with Gasteiger partial charge in [-0.1, -0.05) is 0 Å². The molecule has 1 aliphatic heterocycles. The number of carbonyl (C=O) groups is 1. The predicted molar refractivity (Wildman–Crippen MR) is 57.4 cm³/mol. The van der Waals surface area contributed by atoms with E-state index < -0.39 is 5.97 Å². The minimum Gasteiger partial charge on any atom is -0.481 e. The van der Waals surface area contributed by atoms with Crippen LogP contribution in [0.2, 0.25) is 0 Å². The lowest BCUT2D eigenvalue weighted by molar-refractivity contribution is -0.136. The lowest BCUT2D eigenvalue weighted by atomic mass is 10.1. The third kappa shape index (κ3) is 2.24. The number of carboxylic acid groups (broad SMARTS) is 1. The van der Waals surface area contributed by atoms with Crippen LogP contribution in [0.4, 0.5) is 0 Å². The first kappa shape index (κ1) is 11.1. The van der Waals surface area contributed by atoms with Gasteiger partial charge in [0.2, 0.25) is 0 Å². The molecule has 1 saturated heterocycles. The average molecular weight is 224 g/mol. The van der Waals surface area contributed by atoms with Gasteiger partial charge in [-0.25, -0.2) is 0 Å². The maximum atomic E-state index is 10.6. The number of hydrogen-bond acceptors (Lipinski definition) is 3. The number of carboxylic acids is 1. The van der Waals surface area contributed by atoms with Crippen LogP contribution in [0.25, 0.3) is 0 Å². The molecule has 1 aromatic rings. The third-order valence-electron chi connectivity index (χ3n) is 3.02. The van der Waals surface area contributed by atoms with Crippen molar-refractivity contribution in [3.63, 3.8) is 0 Å². The van der Waals surface area contributed by atoms with E-state index in [2.05, 4.69) is 5.10 Å². The molecule has 0 aromatic carbocycles. The molecule has 16 heavy (non-hydrogen) atoms. The average Bonchev–Trinajstić information content (AvgIpc) is 2.61. The molecule has 0 unspecified atom stereocenters. The van der Waals surface area contributed by atoms with Gasteiger partial charge in [0.05, 0.1) is 18.7 Å². The summed E-state index contributed by atoms with van der Waals surface area (Å²) in [5.74, 6) is -0.811. The maximum Gasteiger partial charge on any atom is 0.307 e. The van der Waals surface area contributed by atoms with Crippen LogP contribution in [0.15, 0.2) is 6.20 Å². The Kier molecular flexibility index (Phi) is 3.24.